The molecule has 1 saturated heterocycles. The first-order chi connectivity index (χ1) is 12.0. The normalized spacial score (nSPS) is 15.4. The van der Waals surface area contributed by atoms with E-state index >= 15 is 0 Å². The number of amides is 1. The summed E-state index contributed by atoms with van der Waals surface area (Å²) in [6.45, 7) is 2.45. The zero-order valence-corrected chi connectivity index (χ0v) is 13.8. The molecule has 0 aliphatic carbocycles. The van der Waals surface area contributed by atoms with Gasteiger partial charge in [-0.05, 0) is 6.07 Å². The van der Waals surface area contributed by atoms with Crippen LogP contribution in [0.4, 0.5) is 10.1 Å². The Balaban J connectivity index is 1.63. The Hall–Kier alpha value is -2.81. The van der Waals surface area contributed by atoms with Crippen LogP contribution in [0, 0.1) is 15.9 Å². The molecule has 3 rings (SSSR count). The number of nitro groups is 1. The summed E-state index contributed by atoms with van der Waals surface area (Å²) >= 11 is 0. The quantitative estimate of drug-likeness (QED) is 0.617. The minimum absolute atomic E-state index is 0.143. The van der Waals surface area contributed by atoms with E-state index in [9.17, 15) is 19.3 Å². The number of rotatable bonds is 4. The van der Waals surface area contributed by atoms with E-state index in [2.05, 4.69) is 10.00 Å². The first kappa shape index (κ1) is 17.0. The molecule has 1 aromatic heterocycles. The van der Waals surface area contributed by atoms with Crippen LogP contribution in [0.3, 0.4) is 0 Å². The predicted molar refractivity (Wildman–Crippen MR) is 87.4 cm³/mol. The standard InChI is InChI=1S/C16H18FN5O3/c1-19-11-14(22(24)25)15(18-19)16(23)21-8-6-20(7-9-21)10-12-4-2-3-5-13(12)17/h2-5,11H,6-10H2,1H3. The fraction of sp³-hybridized carbons (Fsp3) is 0.375. The minimum atomic E-state index is -0.603. The van der Waals surface area contributed by atoms with Gasteiger partial charge in [-0.1, -0.05) is 18.2 Å². The second-order valence-electron chi connectivity index (χ2n) is 5.95. The molecular formula is C16H18FN5O3. The highest BCUT2D eigenvalue weighted by Crippen LogP contribution is 2.19. The maximum Gasteiger partial charge on any atom is 0.320 e. The molecule has 25 heavy (non-hydrogen) atoms. The second kappa shape index (κ2) is 6.98. The molecule has 8 nitrogen and oxygen atoms in total. The Morgan fingerprint density at radius 2 is 1.96 bits per heavy atom. The van der Waals surface area contributed by atoms with Crippen molar-refractivity contribution in [3.8, 4) is 0 Å². The van der Waals surface area contributed by atoms with Crippen molar-refractivity contribution in [3.05, 3.63) is 57.7 Å². The van der Waals surface area contributed by atoms with Crippen LogP contribution in [-0.4, -0.2) is 56.6 Å². The summed E-state index contributed by atoms with van der Waals surface area (Å²) in [5, 5.41) is 15.0. The Morgan fingerprint density at radius 3 is 2.60 bits per heavy atom. The molecule has 1 aliphatic rings. The number of nitrogens with zero attached hydrogens (tertiary/aromatic N) is 5. The molecule has 2 aromatic rings. The van der Waals surface area contributed by atoms with E-state index in [1.54, 1.807) is 23.1 Å². The van der Waals surface area contributed by atoms with Gasteiger partial charge in [0, 0.05) is 45.3 Å². The number of piperazine rings is 1. The zero-order valence-electron chi connectivity index (χ0n) is 13.8. The first-order valence-electron chi connectivity index (χ1n) is 7.89. The second-order valence-corrected chi connectivity index (χ2v) is 5.95. The SMILES string of the molecule is Cn1cc([N+](=O)[O-])c(C(=O)N2CCN(Cc3ccccc3F)CC2)n1. The summed E-state index contributed by atoms with van der Waals surface area (Å²) in [5.41, 5.74) is 0.180. The highest BCUT2D eigenvalue weighted by molar-refractivity contribution is 5.96. The molecule has 0 bridgehead atoms. The molecule has 0 atom stereocenters. The van der Waals surface area contributed by atoms with Crippen molar-refractivity contribution in [2.24, 2.45) is 7.05 Å². The lowest BCUT2D eigenvalue weighted by atomic mass is 10.2. The highest BCUT2D eigenvalue weighted by atomic mass is 19.1. The summed E-state index contributed by atoms with van der Waals surface area (Å²) in [7, 11) is 1.54. The Bertz CT molecular complexity index is 799. The van der Waals surface area contributed by atoms with Crippen LogP contribution in [0.25, 0.3) is 0 Å². The van der Waals surface area contributed by atoms with Crippen molar-refractivity contribution in [1.82, 2.24) is 19.6 Å². The number of aryl methyl sites for hydroxylation is 1. The lowest BCUT2D eigenvalue weighted by Crippen LogP contribution is -2.48. The summed E-state index contributed by atoms with van der Waals surface area (Å²) in [6, 6.07) is 6.60. The number of carbonyl (C=O) groups is 1. The smallest absolute Gasteiger partial charge is 0.320 e. The largest absolute Gasteiger partial charge is 0.334 e. The minimum Gasteiger partial charge on any atom is -0.334 e. The van der Waals surface area contributed by atoms with Crippen LogP contribution in [0.2, 0.25) is 0 Å². The van der Waals surface area contributed by atoms with Gasteiger partial charge in [-0.2, -0.15) is 5.10 Å². The Kier molecular flexibility index (Phi) is 4.75. The molecule has 0 N–H and O–H groups in total. The fourth-order valence-electron chi connectivity index (χ4n) is 2.89. The zero-order chi connectivity index (χ0) is 18.0. The van der Waals surface area contributed by atoms with Gasteiger partial charge < -0.3 is 4.90 Å². The van der Waals surface area contributed by atoms with Crippen LogP contribution in [0.15, 0.2) is 30.5 Å². The molecule has 2 heterocycles. The summed E-state index contributed by atoms with van der Waals surface area (Å²) in [4.78, 5) is 26.6. The molecule has 0 radical (unpaired) electrons. The van der Waals surface area contributed by atoms with Gasteiger partial charge in [0.2, 0.25) is 5.69 Å². The van der Waals surface area contributed by atoms with Crippen LogP contribution in [0.1, 0.15) is 16.1 Å². The molecule has 1 aliphatic heterocycles. The van der Waals surface area contributed by atoms with Crippen LogP contribution in [-0.2, 0) is 13.6 Å². The highest BCUT2D eigenvalue weighted by Gasteiger charge is 2.30. The number of hydrogen-bond acceptors (Lipinski definition) is 5. The van der Waals surface area contributed by atoms with Crippen molar-refractivity contribution in [1.29, 1.82) is 0 Å². The lowest BCUT2D eigenvalue weighted by Gasteiger charge is -2.34. The average molecular weight is 347 g/mol. The van der Waals surface area contributed by atoms with E-state index in [-0.39, 0.29) is 17.2 Å². The molecule has 9 heteroatoms. The first-order valence-corrected chi connectivity index (χ1v) is 7.89. The van der Waals surface area contributed by atoms with E-state index in [1.807, 2.05) is 0 Å². The van der Waals surface area contributed by atoms with Gasteiger partial charge in [-0.25, -0.2) is 4.39 Å². The monoisotopic (exact) mass is 347 g/mol. The van der Waals surface area contributed by atoms with E-state index in [0.29, 0.717) is 38.3 Å². The van der Waals surface area contributed by atoms with Gasteiger partial charge in [0.1, 0.15) is 12.0 Å². The molecule has 1 fully saturated rings. The number of benzene rings is 1. The number of hydrogen-bond donors (Lipinski definition) is 0. The van der Waals surface area contributed by atoms with Crippen LogP contribution >= 0.6 is 0 Å². The maximum absolute atomic E-state index is 13.7. The average Bonchev–Trinajstić information content (AvgIpc) is 2.99. The Labute approximate surface area is 143 Å². The number of carbonyl (C=O) groups excluding carboxylic acids is 1. The third kappa shape index (κ3) is 3.66. The summed E-state index contributed by atoms with van der Waals surface area (Å²) in [5.74, 6) is -0.692. The van der Waals surface area contributed by atoms with E-state index < -0.39 is 10.8 Å². The number of halogens is 1. The van der Waals surface area contributed by atoms with Gasteiger partial charge in [-0.15, -0.1) is 0 Å². The van der Waals surface area contributed by atoms with Gasteiger partial charge in [-0.3, -0.25) is 24.5 Å². The predicted octanol–water partition coefficient (Wildman–Crippen LogP) is 1.43. The third-order valence-electron chi connectivity index (χ3n) is 4.22. The molecule has 0 unspecified atom stereocenters. The third-order valence-corrected chi connectivity index (χ3v) is 4.22. The van der Waals surface area contributed by atoms with Crippen LogP contribution in [0.5, 0.6) is 0 Å². The van der Waals surface area contributed by atoms with Crippen molar-refractivity contribution < 1.29 is 14.1 Å². The molecule has 0 saturated carbocycles. The van der Waals surface area contributed by atoms with E-state index in [1.165, 1.54) is 24.0 Å². The van der Waals surface area contributed by atoms with Crippen LogP contribution < -0.4 is 0 Å². The molecule has 132 valence electrons. The van der Waals surface area contributed by atoms with Crippen molar-refractivity contribution in [2.75, 3.05) is 26.2 Å². The summed E-state index contributed by atoms with van der Waals surface area (Å²) < 4.78 is 15.0. The van der Waals surface area contributed by atoms with Gasteiger partial charge in [0.25, 0.3) is 5.91 Å². The maximum atomic E-state index is 13.7. The molecule has 0 spiro atoms. The summed E-state index contributed by atoms with van der Waals surface area (Å²) in [6.07, 6.45) is 1.22. The topological polar surface area (TPSA) is 84.5 Å². The van der Waals surface area contributed by atoms with Gasteiger partial charge in [0.05, 0.1) is 4.92 Å². The van der Waals surface area contributed by atoms with Gasteiger partial charge >= 0.3 is 5.69 Å². The van der Waals surface area contributed by atoms with E-state index in [4.69, 9.17) is 0 Å². The Morgan fingerprint density at radius 1 is 1.28 bits per heavy atom. The van der Waals surface area contributed by atoms with Crippen molar-refractivity contribution >= 4 is 11.6 Å². The molecular weight excluding hydrogens is 329 g/mol. The fourth-order valence-corrected chi connectivity index (χ4v) is 2.89. The number of aromatic nitrogens is 2. The van der Waals surface area contributed by atoms with E-state index in [0.717, 1.165) is 0 Å². The lowest BCUT2D eigenvalue weighted by molar-refractivity contribution is -0.385. The molecule has 1 aromatic carbocycles. The van der Waals surface area contributed by atoms with Crippen molar-refractivity contribution in [2.45, 2.75) is 6.54 Å². The molecule has 1 amide bonds. The van der Waals surface area contributed by atoms with Crippen molar-refractivity contribution in [3.63, 3.8) is 0 Å². The van der Waals surface area contributed by atoms with Gasteiger partial charge in [0.15, 0.2) is 0 Å².